The van der Waals surface area contributed by atoms with Crippen LogP contribution in [0.5, 0.6) is 11.5 Å². The molecule has 0 spiro atoms. The molecule has 0 aromatic heterocycles. The second kappa shape index (κ2) is 10.4. The van der Waals surface area contributed by atoms with Gasteiger partial charge >= 0.3 is 0 Å². The number of morpholine rings is 1. The molecule has 31 heavy (non-hydrogen) atoms. The number of phenolic OH excluding ortho intramolecular Hbond substituents is 1. The van der Waals surface area contributed by atoms with E-state index in [1.54, 1.807) is 6.08 Å². The van der Waals surface area contributed by atoms with Crippen LogP contribution in [0.15, 0.2) is 48.5 Å². The Morgan fingerprint density at radius 3 is 2.58 bits per heavy atom. The van der Waals surface area contributed by atoms with Crippen LogP contribution in [0.4, 0.5) is 5.69 Å². The molecule has 9 heteroatoms. The van der Waals surface area contributed by atoms with E-state index < -0.39 is 15.8 Å². The summed E-state index contributed by atoms with van der Waals surface area (Å²) in [5, 5.41) is 9.96. The SMILES string of the molecule is CS(=O)(=O)Nc1ccc(O)c(C(=O)/C=C/c2ccc(OCCN3CCOCC3)cc2)c1. The molecule has 0 amide bonds. The zero-order valence-corrected chi connectivity index (χ0v) is 18.1. The average Bonchev–Trinajstić information content (AvgIpc) is 2.74. The van der Waals surface area contributed by atoms with Crippen LogP contribution in [0.1, 0.15) is 15.9 Å². The molecule has 1 heterocycles. The molecule has 1 aliphatic rings. The number of carbonyl (C=O) groups is 1. The van der Waals surface area contributed by atoms with Crippen LogP contribution in [-0.4, -0.2) is 69.9 Å². The predicted octanol–water partition coefficient (Wildman–Crippen LogP) is 2.37. The third kappa shape index (κ3) is 7.39. The van der Waals surface area contributed by atoms with Crippen molar-refractivity contribution in [3.8, 4) is 11.5 Å². The van der Waals surface area contributed by atoms with Gasteiger partial charge in [-0.25, -0.2) is 8.42 Å². The van der Waals surface area contributed by atoms with E-state index in [1.165, 1.54) is 24.3 Å². The van der Waals surface area contributed by atoms with Gasteiger partial charge in [-0.15, -0.1) is 0 Å². The average molecular weight is 447 g/mol. The van der Waals surface area contributed by atoms with Gasteiger partial charge in [0.05, 0.1) is 25.0 Å². The first-order chi connectivity index (χ1) is 14.8. The maximum Gasteiger partial charge on any atom is 0.229 e. The Morgan fingerprint density at radius 2 is 1.90 bits per heavy atom. The number of hydrogen-bond donors (Lipinski definition) is 2. The number of phenols is 1. The van der Waals surface area contributed by atoms with E-state index in [0.29, 0.717) is 6.61 Å². The van der Waals surface area contributed by atoms with Crippen molar-refractivity contribution in [1.29, 1.82) is 0 Å². The topological polar surface area (TPSA) is 105 Å². The number of benzene rings is 2. The number of carbonyl (C=O) groups excluding carboxylic acids is 1. The highest BCUT2D eigenvalue weighted by molar-refractivity contribution is 7.92. The zero-order valence-electron chi connectivity index (χ0n) is 17.3. The Balaban J connectivity index is 1.56. The Morgan fingerprint density at radius 1 is 1.19 bits per heavy atom. The van der Waals surface area contributed by atoms with E-state index in [-0.39, 0.29) is 17.0 Å². The quantitative estimate of drug-likeness (QED) is 0.346. The third-order valence-corrected chi connectivity index (χ3v) is 5.26. The summed E-state index contributed by atoms with van der Waals surface area (Å²) < 4.78 is 36.1. The van der Waals surface area contributed by atoms with Crippen molar-refractivity contribution in [2.24, 2.45) is 0 Å². The fraction of sp³-hybridized carbons (Fsp3) is 0.318. The lowest BCUT2D eigenvalue weighted by Gasteiger charge is -2.26. The Kier molecular flexibility index (Phi) is 7.67. The molecule has 0 bridgehead atoms. The number of aromatic hydroxyl groups is 1. The predicted molar refractivity (Wildman–Crippen MR) is 119 cm³/mol. The van der Waals surface area contributed by atoms with Crippen molar-refractivity contribution in [2.75, 3.05) is 50.4 Å². The van der Waals surface area contributed by atoms with E-state index in [4.69, 9.17) is 9.47 Å². The van der Waals surface area contributed by atoms with Crippen molar-refractivity contribution in [2.45, 2.75) is 0 Å². The van der Waals surface area contributed by atoms with Crippen molar-refractivity contribution in [3.05, 3.63) is 59.7 Å². The van der Waals surface area contributed by atoms with Crippen molar-refractivity contribution in [1.82, 2.24) is 4.90 Å². The van der Waals surface area contributed by atoms with Gasteiger partial charge in [0.25, 0.3) is 0 Å². The summed E-state index contributed by atoms with van der Waals surface area (Å²) in [6.45, 7) is 4.79. The fourth-order valence-electron chi connectivity index (χ4n) is 3.07. The molecule has 2 aromatic carbocycles. The molecule has 166 valence electrons. The highest BCUT2D eigenvalue weighted by Crippen LogP contribution is 2.23. The lowest BCUT2D eigenvalue weighted by molar-refractivity contribution is 0.0322. The number of nitrogens with zero attached hydrogens (tertiary/aromatic N) is 1. The molecule has 8 nitrogen and oxygen atoms in total. The first kappa shape index (κ1) is 22.8. The number of allylic oxidation sites excluding steroid dienone is 1. The molecule has 1 saturated heterocycles. The van der Waals surface area contributed by atoms with Crippen molar-refractivity contribution < 1.29 is 27.8 Å². The van der Waals surface area contributed by atoms with Gasteiger partial charge in [0.15, 0.2) is 5.78 Å². The van der Waals surface area contributed by atoms with Gasteiger partial charge in [-0.1, -0.05) is 18.2 Å². The van der Waals surface area contributed by atoms with Gasteiger partial charge in [0.1, 0.15) is 18.1 Å². The lowest BCUT2D eigenvalue weighted by atomic mass is 10.1. The van der Waals surface area contributed by atoms with Crippen molar-refractivity contribution >= 4 is 27.6 Å². The summed E-state index contributed by atoms with van der Waals surface area (Å²) >= 11 is 0. The molecule has 0 unspecified atom stereocenters. The van der Waals surface area contributed by atoms with Gasteiger partial charge in [-0.3, -0.25) is 14.4 Å². The van der Waals surface area contributed by atoms with Crippen LogP contribution in [0.2, 0.25) is 0 Å². The molecular formula is C22H26N2O6S. The van der Waals surface area contributed by atoms with E-state index >= 15 is 0 Å². The Labute approximate surface area is 182 Å². The Bertz CT molecular complexity index is 1030. The molecule has 0 aliphatic carbocycles. The minimum atomic E-state index is -3.49. The van der Waals surface area contributed by atoms with Gasteiger partial charge < -0.3 is 14.6 Å². The van der Waals surface area contributed by atoms with Crippen molar-refractivity contribution in [3.63, 3.8) is 0 Å². The highest BCUT2D eigenvalue weighted by atomic mass is 32.2. The van der Waals surface area contributed by atoms with Crippen LogP contribution >= 0.6 is 0 Å². The molecular weight excluding hydrogens is 420 g/mol. The van der Waals surface area contributed by atoms with E-state index in [9.17, 15) is 18.3 Å². The second-order valence-electron chi connectivity index (χ2n) is 7.18. The largest absolute Gasteiger partial charge is 0.507 e. The third-order valence-electron chi connectivity index (χ3n) is 4.65. The number of nitrogens with one attached hydrogen (secondary N) is 1. The normalized spacial score (nSPS) is 15.1. The molecule has 2 N–H and O–H groups in total. The highest BCUT2D eigenvalue weighted by Gasteiger charge is 2.12. The molecule has 0 radical (unpaired) electrons. The van der Waals surface area contributed by atoms with Gasteiger partial charge in [-0.2, -0.15) is 0 Å². The number of sulfonamides is 1. The van der Waals surface area contributed by atoms with E-state index in [0.717, 1.165) is 50.4 Å². The minimum Gasteiger partial charge on any atom is -0.507 e. The van der Waals surface area contributed by atoms with Gasteiger partial charge in [0, 0.05) is 25.3 Å². The molecule has 1 aliphatic heterocycles. The molecule has 3 rings (SSSR count). The number of rotatable bonds is 9. The minimum absolute atomic E-state index is 0.00738. The number of ketones is 1. The summed E-state index contributed by atoms with van der Waals surface area (Å²) in [7, 11) is -3.49. The smallest absolute Gasteiger partial charge is 0.229 e. The van der Waals surface area contributed by atoms with Crippen LogP contribution in [0.25, 0.3) is 6.08 Å². The van der Waals surface area contributed by atoms with Crippen LogP contribution in [0.3, 0.4) is 0 Å². The fourth-order valence-corrected chi connectivity index (χ4v) is 3.62. The lowest BCUT2D eigenvalue weighted by Crippen LogP contribution is -2.38. The molecule has 2 aromatic rings. The molecule has 0 atom stereocenters. The Hall–Kier alpha value is -2.88. The zero-order chi connectivity index (χ0) is 22.3. The first-order valence-electron chi connectivity index (χ1n) is 9.86. The summed E-state index contributed by atoms with van der Waals surface area (Å²) in [5.74, 6) is 0.0761. The summed E-state index contributed by atoms with van der Waals surface area (Å²) in [4.78, 5) is 14.7. The number of hydrogen-bond acceptors (Lipinski definition) is 7. The summed E-state index contributed by atoms with van der Waals surface area (Å²) in [6, 6.07) is 11.3. The summed E-state index contributed by atoms with van der Waals surface area (Å²) in [5.41, 5.74) is 1.00. The molecule has 0 saturated carbocycles. The van der Waals surface area contributed by atoms with Crippen LogP contribution in [0, 0.1) is 0 Å². The van der Waals surface area contributed by atoms with Gasteiger partial charge in [-0.05, 0) is 42.0 Å². The maximum atomic E-state index is 12.5. The monoisotopic (exact) mass is 446 g/mol. The van der Waals surface area contributed by atoms with Gasteiger partial charge in [0.2, 0.25) is 10.0 Å². The summed E-state index contributed by atoms with van der Waals surface area (Å²) in [6.07, 6.45) is 3.96. The van der Waals surface area contributed by atoms with E-state index in [1.807, 2.05) is 24.3 Å². The number of ether oxygens (including phenoxy) is 2. The maximum absolute atomic E-state index is 12.5. The number of anilines is 1. The first-order valence-corrected chi connectivity index (χ1v) is 11.8. The standard InChI is InChI=1S/C22H26N2O6S/c1-31(27,28)23-18-5-9-22(26)20(16-18)21(25)8-4-17-2-6-19(7-3-17)30-15-12-24-10-13-29-14-11-24/h2-9,16,23,26H,10-15H2,1H3/b8-4+. The second-order valence-corrected chi connectivity index (χ2v) is 8.92. The molecule has 1 fully saturated rings. The van der Waals surface area contributed by atoms with Crippen LogP contribution < -0.4 is 9.46 Å². The van der Waals surface area contributed by atoms with E-state index in [2.05, 4.69) is 9.62 Å². The van der Waals surface area contributed by atoms with Crippen LogP contribution in [-0.2, 0) is 14.8 Å².